The van der Waals surface area contributed by atoms with Crippen molar-refractivity contribution in [2.45, 2.75) is 49.2 Å². The molecule has 0 saturated carbocycles. The number of benzene rings is 1. The predicted molar refractivity (Wildman–Crippen MR) is 82.3 cm³/mol. The molecule has 0 radical (unpaired) electrons. The van der Waals surface area contributed by atoms with Gasteiger partial charge in [0.25, 0.3) is 0 Å². The monoisotopic (exact) mass is 309 g/mol. The molecule has 2 unspecified atom stereocenters. The molecule has 1 aromatic carbocycles. The SMILES string of the molecule is NCc1ccccc1S(=O)(=O)NC1CCN2CCCCC12. The number of nitrogens with two attached hydrogens (primary N) is 1. The van der Waals surface area contributed by atoms with Gasteiger partial charge < -0.3 is 5.73 Å². The molecule has 21 heavy (non-hydrogen) atoms. The van der Waals surface area contributed by atoms with Crippen LogP contribution >= 0.6 is 0 Å². The first-order chi connectivity index (χ1) is 10.1. The Balaban J connectivity index is 1.80. The summed E-state index contributed by atoms with van der Waals surface area (Å²) in [7, 11) is -3.49. The number of hydrogen-bond donors (Lipinski definition) is 2. The summed E-state index contributed by atoms with van der Waals surface area (Å²) in [5, 5.41) is 0. The van der Waals surface area contributed by atoms with Crippen molar-refractivity contribution in [3.8, 4) is 0 Å². The summed E-state index contributed by atoms with van der Waals surface area (Å²) in [6.07, 6.45) is 4.41. The van der Waals surface area contributed by atoms with Gasteiger partial charge in [0.15, 0.2) is 0 Å². The first-order valence-electron chi connectivity index (χ1n) is 7.66. The Labute approximate surface area is 126 Å². The van der Waals surface area contributed by atoms with Crippen molar-refractivity contribution >= 4 is 10.0 Å². The highest BCUT2D eigenvalue weighted by Gasteiger charge is 2.37. The van der Waals surface area contributed by atoms with Crippen LogP contribution in [0.4, 0.5) is 0 Å². The molecule has 0 amide bonds. The van der Waals surface area contributed by atoms with E-state index in [4.69, 9.17) is 5.73 Å². The van der Waals surface area contributed by atoms with Crippen LogP contribution in [0.2, 0.25) is 0 Å². The smallest absolute Gasteiger partial charge is 0.241 e. The zero-order valence-corrected chi connectivity index (χ0v) is 13.0. The molecular formula is C15H23N3O2S. The van der Waals surface area contributed by atoms with E-state index in [9.17, 15) is 8.42 Å². The second-order valence-corrected chi connectivity index (χ2v) is 7.61. The van der Waals surface area contributed by atoms with Gasteiger partial charge in [-0.3, -0.25) is 4.90 Å². The van der Waals surface area contributed by atoms with Gasteiger partial charge in [0.1, 0.15) is 0 Å². The first-order valence-corrected chi connectivity index (χ1v) is 9.14. The molecule has 3 N–H and O–H groups in total. The van der Waals surface area contributed by atoms with Gasteiger partial charge in [-0.25, -0.2) is 13.1 Å². The van der Waals surface area contributed by atoms with Gasteiger partial charge in [-0.05, 0) is 37.4 Å². The summed E-state index contributed by atoms with van der Waals surface area (Å²) in [5.74, 6) is 0. The molecule has 2 aliphatic rings. The quantitative estimate of drug-likeness (QED) is 0.872. The molecule has 2 saturated heterocycles. The Morgan fingerprint density at radius 2 is 2.00 bits per heavy atom. The van der Waals surface area contributed by atoms with Crippen molar-refractivity contribution in [1.29, 1.82) is 0 Å². The van der Waals surface area contributed by atoms with Crippen LogP contribution in [0.1, 0.15) is 31.2 Å². The number of nitrogens with one attached hydrogen (secondary N) is 1. The lowest BCUT2D eigenvalue weighted by molar-refractivity contribution is 0.186. The van der Waals surface area contributed by atoms with Crippen molar-refractivity contribution in [2.24, 2.45) is 5.73 Å². The maximum absolute atomic E-state index is 12.7. The van der Waals surface area contributed by atoms with E-state index in [1.165, 1.54) is 12.8 Å². The van der Waals surface area contributed by atoms with Crippen LogP contribution in [0.15, 0.2) is 29.2 Å². The second kappa shape index (κ2) is 6.04. The molecule has 3 rings (SSSR count). The van der Waals surface area contributed by atoms with E-state index in [1.54, 1.807) is 18.2 Å². The molecule has 2 aliphatic heterocycles. The van der Waals surface area contributed by atoms with Crippen LogP contribution in [0, 0.1) is 0 Å². The Hall–Kier alpha value is -0.950. The molecule has 6 heteroatoms. The largest absolute Gasteiger partial charge is 0.326 e. The fourth-order valence-electron chi connectivity index (χ4n) is 3.58. The minimum atomic E-state index is -3.49. The lowest BCUT2D eigenvalue weighted by Crippen LogP contribution is -2.46. The van der Waals surface area contributed by atoms with Crippen LogP contribution in [0.3, 0.4) is 0 Å². The Morgan fingerprint density at radius 1 is 1.19 bits per heavy atom. The van der Waals surface area contributed by atoms with E-state index in [2.05, 4.69) is 9.62 Å². The average molecular weight is 309 g/mol. The molecule has 5 nitrogen and oxygen atoms in total. The third-order valence-electron chi connectivity index (χ3n) is 4.64. The fraction of sp³-hybridized carbons (Fsp3) is 0.600. The van der Waals surface area contributed by atoms with Crippen molar-refractivity contribution in [3.63, 3.8) is 0 Å². The Bertz CT molecular complexity index is 603. The van der Waals surface area contributed by atoms with E-state index in [1.807, 2.05) is 6.07 Å². The maximum Gasteiger partial charge on any atom is 0.241 e. The minimum Gasteiger partial charge on any atom is -0.326 e. The molecule has 2 heterocycles. The first kappa shape index (κ1) is 15.0. The summed E-state index contributed by atoms with van der Waals surface area (Å²) in [5.41, 5.74) is 6.33. The minimum absolute atomic E-state index is 0.0288. The van der Waals surface area contributed by atoms with Gasteiger partial charge in [0.2, 0.25) is 10.0 Å². The Morgan fingerprint density at radius 3 is 2.81 bits per heavy atom. The van der Waals surface area contributed by atoms with E-state index >= 15 is 0 Å². The Kier molecular flexibility index (Phi) is 4.31. The number of sulfonamides is 1. The topological polar surface area (TPSA) is 75.4 Å². The standard InChI is InChI=1S/C15H23N3O2S/c16-11-12-5-1-2-7-15(12)21(19,20)17-13-8-10-18-9-4-3-6-14(13)18/h1-2,5,7,13-14,17H,3-4,6,8-11,16H2. The predicted octanol–water partition coefficient (Wildman–Crippen LogP) is 1.05. The van der Waals surface area contributed by atoms with Gasteiger partial charge in [-0.2, -0.15) is 0 Å². The molecule has 0 spiro atoms. The molecule has 0 bridgehead atoms. The van der Waals surface area contributed by atoms with E-state index in [0.29, 0.717) is 16.5 Å². The molecule has 1 aromatic rings. The summed E-state index contributed by atoms with van der Waals surface area (Å²) in [6, 6.07) is 7.36. The van der Waals surface area contributed by atoms with Gasteiger partial charge in [-0.1, -0.05) is 24.6 Å². The number of hydrogen-bond acceptors (Lipinski definition) is 4. The van der Waals surface area contributed by atoms with Crippen molar-refractivity contribution in [3.05, 3.63) is 29.8 Å². The van der Waals surface area contributed by atoms with Crippen LogP contribution in [0.5, 0.6) is 0 Å². The number of piperidine rings is 1. The number of rotatable bonds is 4. The summed E-state index contributed by atoms with van der Waals surface area (Å²) < 4.78 is 28.2. The molecule has 2 fully saturated rings. The molecule has 0 aliphatic carbocycles. The van der Waals surface area contributed by atoms with Gasteiger partial charge >= 0.3 is 0 Å². The fourth-order valence-corrected chi connectivity index (χ4v) is 5.14. The lowest BCUT2D eigenvalue weighted by atomic mass is 10.00. The van der Waals surface area contributed by atoms with Crippen LogP contribution in [-0.4, -0.2) is 38.5 Å². The van der Waals surface area contributed by atoms with Crippen molar-refractivity contribution < 1.29 is 8.42 Å². The number of nitrogens with zero attached hydrogens (tertiary/aromatic N) is 1. The normalized spacial score (nSPS) is 26.7. The summed E-state index contributed by atoms with van der Waals surface area (Å²) in [4.78, 5) is 2.74. The third-order valence-corrected chi connectivity index (χ3v) is 6.23. The number of fused-ring (bicyclic) bond motifs is 1. The van der Waals surface area contributed by atoms with Crippen LogP contribution in [-0.2, 0) is 16.6 Å². The zero-order valence-electron chi connectivity index (χ0n) is 12.2. The van der Waals surface area contributed by atoms with Gasteiger partial charge in [0, 0.05) is 25.2 Å². The lowest BCUT2D eigenvalue weighted by Gasteiger charge is -2.32. The maximum atomic E-state index is 12.7. The molecular weight excluding hydrogens is 286 g/mol. The van der Waals surface area contributed by atoms with Crippen LogP contribution in [0.25, 0.3) is 0 Å². The van der Waals surface area contributed by atoms with Crippen molar-refractivity contribution in [1.82, 2.24) is 9.62 Å². The van der Waals surface area contributed by atoms with Gasteiger partial charge in [-0.15, -0.1) is 0 Å². The van der Waals surface area contributed by atoms with E-state index < -0.39 is 10.0 Å². The molecule has 116 valence electrons. The highest BCUT2D eigenvalue weighted by atomic mass is 32.2. The van der Waals surface area contributed by atoms with Crippen molar-refractivity contribution in [2.75, 3.05) is 13.1 Å². The molecule has 0 aromatic heterocycles. The third kappa shape index (κ3) is 2.99. The zero-order chi connectivity index (χ0) is 14.9. The average Bonchev–Trinajstić information content (AvgIpc) is 2.90. The van der Waals surface area contributed by atoms with E-state index in [-0.39, 0.29) is 12.6 Å². The van der Waals surface area contributed by atoms with Crippen LogP contribution < -0.4 is 10.5 Å². The molecule has 2 atom stereocenters. The van der Waals surface area contributed by atoms with E-state index in [0.717, 1.165) is 25.9 Å². The second-order valence-electron chi connectivity index (χ2n) is 5.93. The highest BCUT2D eigenvalue weighted by Crippen LogP contribution is 2.28. The summed E-state index contributed by atoms with van der Waals surface area (Å²) >= 11 is 0. The van der Waals surface area contributed by atoms with Gasteiger partial charge in [0.05, 0.1) is 4.90 Å². The highest BCUT2D eigenvalue weighted by molar-refractivity contribution is 7.89. The summed E-state index contributed by atoms with van der Waals surface area (Å²) in [6.45, 7) is 2.33.